The van der Waals surface area contributed by atoms with Gasteiger partial charge < -0.3 is 0 Å². The fraction of sp³-hybridized carbons (Fsp3) is 0.636. The molecule has 0 N–H and O–H groups in total. The van der Waals surface area contributed by atoms with Gasteiger partial charge in [-0.3, -0.25) is 0 Å². The highest BCUT2D eigenvalue weighted by Crippen LogP contribution is 2.29. The summed E-state index contributed by atoms with van der Waals surface area (Å²) in [5.74, 6) is 0.869. The minimum Gasteiger partial charge on any atom is -0.236 e. The molecule has 0 bridgehead atoms. The summed E-state index contributed by atoms with van der Waals surface area (Å²) in [7, 11) is -2.92. The van der Waals surface area contributed by atoms with Gasteiger partial charge in [0.1, 0.15) is 11.0 Å². The van der Waals surface area contributed by atoms with Crippen LogP contribution in [-0.4, -0.2) is 29.9 Å². The quantitative estimate of drug-likeness (QED) is 0.578. The number of sulfone groups is 1. The third kappa shape index (κ3) is 3.14. The molecule has 1 unspecified atom stereocenters. The van der Waals surface area contributed by atoms with Gasteiger partial charge in [0.2, 0.25) is 0 Å². The van der Waals surface area contributed by atoms with Crippen LogP contribution in [0.1, 0.15) is 37.2 Å². The lowest BCUT2D eigenvalue weighted by Crippen LogP contribution is -2.10. The summed E-state index contributed by atoms with van der Waals surface area (Å²) in [6.07, 6.45) is 2.42. The molecule has 2 rings (SSSR count). The van der Waals surface area contributed by atoms with Crippen LogP contribution in [0.5, 0.6) is 0 Å². The summed E-state index contributed by atoms with van der Waals surface area (Å²) in [5, 5.41) is 0.438. The Bertz CT molecular complexity index is 562. The molecule has 0 aromatic carbocycles. The molecule has 1 aliphatic rings. The zero-order chi connectivity index (χ0) is 13.3. The van der Waals surface area contributed by atoms with Crippen LogP contribution in [0.3, 0.4) is 0 Å². The first-order valence-electron chi connectivity index (χ1n) is 5.85. The van der Waals surface area contributed by atoms with Gasteiger partial charge in [0.25, 0.3) is 0 Å². The predicted octanol–water partition coefficient (Wildman–Crippen LogP) is 2.59. The fourth-order valence-corrected chi connectivity index (χ4v) is 4.51. The lowest BCUT2D eigenvalue weighted by Gasteiger charge is -2.11. The molecule has 0 spiro atoms. The molecule has 18 heavy (non-hydrogen) atoms. The van der Waals surface area contributed by atoms with Gasteiger partial charge in [0, 0.05) is 5.92 Å². The van der Waals surface area contributed by atoms with Crippen LogP contribution in [-0.2, 0) is 16.3 Å². The number of rotatable bonds is 3. The van der Waals surface area contributed by atoms with E-state index in [4.69, 9.17) is 11.6 Å². The second kappa shape index (κ2) is 5.58. The number of halogens is 2. The number of aryl methyl sites for hydroxylation is 1. The predicted molar refractivity (Wildman–Crippen MR) is 79.8 cm³/mol. The summed E-state index contributed by atoms with van der Waals surface area (Å²) in [5.41, 5.74) is 0.928. The smallest absolute Gasteiger partial charge is 0.151 e. The molecular weight excluding hydrogens is 387 g/mol. The third-order valence-corrected chi connectivity index (χ3v) is 6.47. The number of hydrogen-bond acceptors (Lipinski definition) is 4. The van der Waals surface area contributed by atoms with Crippen LogP contribution in [0.2, 0.25) is 5.15 Å². The van der Waals surface area contributed by atoms with Crippen LogP contribution >= 0.6 is 34.2 Å². The highest BCUT2D eigenvalue weighted by Gasteiger charge is 2.31. The number of nitrogens with zero attached hydrogens (tertiary/aromatic N) is 2. The summed E-state index contributed by atoms with van der Waals surface area (Å²) < 4.78 is 23.8. The van der Waals surface area contributed by atoms with Crippen molar-refractivity contribution in [2.75, 3.05) is 11.5 Å². The topological polar surface area (TPSA) is 59.9 Å². The van der Waals surface area contributed by atoms with Gasteiger partial charge >= 0.3 is 0 Å². The first-order valence-corrected chi connectivity index (χ1v) is 9.13. The summed E-state index contributed by atoms with van der Waals surface area (Å²) >= 11 is 8.24. The molecular formula is C11H14ClIN2O2S. The molecule has 1 aromatic rings. The minimum atomic E-state index is -2.92. The molecule has 7 heteroatoms. The Morgan fingerprint density at radius 2 is 2.17 bits per heavy atom. The van der Waals surface area contributed by atoms with Crippen molar-refractivity contribution < 1.29 is 8.42 Å². The van der Waals surface area contributed by atoms with Crippen molar-refractivity contribution >= 4 is 44.0 Å². The van der Waals surface area contributed by atoms with E-state index in [1.54, 1.807) is 0 Å². The van der Waals surface area contributed by atoms with E-state index in [0.717, 1.165) is 22.1 Å². The van der Waals surface area contributed by atoms with E-state index in [1.807, 2.05) is 0 Å². The van der Waals surface area contributed by atoms with Crippen molar-refractivity contribution in [3.05, 3.63) is 20.2 Å². The van der Waals surface area contributed by atoms with Crippen LogP contribution in [0.4, 0.5) is 0 Å². The van der Waals surface area contributed by atoms with Crippen molar-refractivity contribution in [3.8, 4) is 0 Å². The Balaban J connectivity index is 2.34. The fourth-order valence-electron chi connectivity index (χ4n) is 2.06. The first kappa shape index (κ1) is 14.5. The number of aromatic nitrogens is 2. The highest BCUT2D eigenvalue weighted by molar-refractivity contribution is 14.1. The standard InChI is InChI=1S/C11H14ClIN2O2S/c1-2-3-8-9(13)10(12)15-11(14-8)7-4-5-18(16,17)6-7/h7H,2-6H2,1H3. The van der Waals surface area contributed by atoms with Crippen molar-refractivity contribution in [3.63, 3.8) is 0 Å². The lowest BCUT2D eigenvalue weighted by atomic mass is 10.1. The Morgan fingerprint density at radius 3 is 2.72 bits per heavy atom. The van der Waals surface area contributed by atoms with E-state index in [9.17, 15) is 8.42 Å². The second-order valence-electron chi connectivity index (χ2n) is 4.48. The molecule has 1 aromatic heterocycles. The molecule has 1 fully saturated rings. The maximum Gasteiger partial charge on any atom is 0.151 e. The highest BCUT2D eigenvalue weighted by atomic mass is 127. The molecule has 1 saturated heterocycles. The second-order valence-corrected chi connectivity index (χ2v) is 8.15. The average Bonchev–Trinajstić information content (AvgIpc) is 2.65. The van der Waals surface area contributed by atoms with E-state index >= 15 is 0 Å². The summed E-state index contributed by atoms with van der Waals surface area (Å²) in [6, 6.07) is 0. The van der Waals surface area contributed by atoms with Crippen molar-refractivity contribution in [2.24, 2.45) is 0 Å². The molecule has 100 valence electrons. The Labute approximate surface area is 126 Å². The first-order chi connectivity index (χ1) is 8.43. The Kier molecular flexibility index (Phi) is 4.48. The molecule has 2 heterocycles. The monoisotopic (exact) mass is 400 g/mol. The van der Waals surface area contributed by atoms with Gasteiger partial charge in [-0.2, -0.15) is 0 Å². The third-order valence-electron chi connectivity index (χ3n) is 2.98. The van der Waals surface area contributed by atoms with Gasteiger partial charge in [-0.25, -0.2) is 18.4 Å². The largest absolute Gasteiger partial charge is 0.236 e. The van der Waals surface area contributed by atoms with Crippen LogP contribution < -0.4 is 0 Å². The molecule has 0 aliphatic carbocycles. The van der Waals surface area contributed by atoms with Gasteiger partial charge in [-0.1, -0.05) is 24.9 Å². The Hall–Kier alpha value is 0.0500. The van der Waals surface area contributed by atoms with Crippen molar-refractivity contribution in [2.45, 2.75) is 32.1 Å². The van der Waals surface area contributed by atoms with Gasteiger partial charge in [0.15, 0.2) is 9.84 Å². The van der Waals surface area contributed by atoms with Crippen molar-refractivity contribution in [1.82, 2.24) is 9.97 Å². The molecule has 4 nitrogen and oxygen atoms in total. The maximum atomic E-state index is 11.5. The zero-order valence-corrected chi connectivity index (χ0v) is 13.7. The van der Waals surface area contributed by atoms with Gasteiger partial charge in [0.05, 0.1) is 20.8 Å². The van der Waals surface area contributed by atoms with Crippen LogP contribution in [0, 0.1) is 3.57 Å². The van der Waals surface area contributed by atoms with Crippen LogP contribution in [0.25, 0.3) is 0 Å². The van der Waals surface area contributed by atoms with E-state index in [2.05, 4.69) is 39.5 Å². The molecule has 0 amide bonds. The van der Waals surface area contributed by atoms with Crippen molar-refractivity contribution in [1.29, 1.82) is 0 Å². The van der Waals surface area contributed by atoms with E-state index in [-0.39, 0.29) is 17.4 Å². The minimum absolute atomic E-state index is 0.0971. The van der Waals surface area contributed by atoms with Crippen LogP contribution in [0.15, 0.2) is 0 Å². The van der Waals surface area contributed by atoms with Gasteiger partial charge in [-0.05, 0) is 35.4 Å². The zero-order valence-electron chi connectivity index (χ0n) is 9.99. The average molecular weight is 401 g/mol. The van der Waals surface area contributed by atoms with Gasteiger partial charge in [-0.15, -0.1) is 0 Å². The van der Waals surface area contributed by atoms with E-state index in [0.29, 0.717) is 17.4 Å². The normalized spacial score (nSPS) is 22.3. The van der Waals surface area contributed by atoms with E-state index < -0.39 is 9.84 Å². The SMILES string of the molecule is CCCc1nc(C2CCS(=O)(=O)C2)nc(Cl)c1I. The summed E-state index contributed by atoms with van der Waals surface area (Å²) in [4.78, 5) is 8.75. The molecule has 0 radical (unpaired) electrons. The molecule has 1 atom stereocenters. The Morgan fingerprint density at radius 1 is 1.44 bits per heavy atom. The molecule has 0 saturated carbocycles. The maximum absolute atomic E-state index is 11.5. The van der Waals surface area contributed by atoms with E-state index in [1.165, 1.54) is 0 Å². The number of hydrogen-bond donors (Lipinski definition) is 0. The molecule has 1 aliphatic heterocycles. The summed E-state index contributed by atoms with van der Waals surface area (Å²) in [6.45, 7) is 2.08. The lowest BCUT2D eigenvalue weighted by molar-refractivity contribution is 0.601.